The van der Waals surface area contributed by atoms with E-state index in [-0.39, 0.29) is 34.2 Å². The van der Waals surface area contributed by atoms with Crippen molar-refractivity contribution in [3.63, 3.8) is 0 Å². The molecule has 0 unspecified atom stereocenters. The van der Waals surface area contributed by atoms with Gasteiger partial charge in [0.25, 0.3) is 0 Å². The van der Waals surface area contributed by atoms with Crippen LogP contribution in [-0.4, -0.2) is 15.0 Å². The number of benzene rings is 1. The number of nitrogens with one attached hydrogen (secondary N) is 1. The van der Waals surface area contributed by atoms with Crippen LogP contribution in [0.15, 0.2) is 54.7 Å². The minimum absolute atomic E-state index is 0.213. The molecule has 0 spiro atoms. The van der Waals surface area contributed by atoms with Crippen LogP contribution >= 0.6 is 11.3 Å². The molecule has 1 aromatic carbocycles. The number of thiophene rings is 1. The van der Waals surface area contributed by atoms with Crippen LogP contribution in [-0.2, 0) is 12.7 Å². The van der Waals surface area contributed by atoms with E-state index in [1.54, 1.807) is 36.5 Å². The molecule has 0 aliphatic carbocycles. The highest BCUT2D eigenvalue weighted by atomic mass is 32.1. The summed E-state index contributed by atoms with van der Waals surface area (Å²) in [5.74, 6) is 0.130. The molecule has 0 amide bonds. The van der Waals surface area contributed by atoms with Crippen LogP contribution < -0.4 is 5.32 Å². The second-order valence-corrected chi connectivity index (χ2v) is 6.95. The molecule has 3 heterocycles. The Bertz CT molecular complexity index is 1110. The Hall–Kier alpha value is -3.07. The third-order valence-corrected chi connectivity index (χ3v) is 5.01. The number of hydrogen-bond donors (Lipinski definition) is 1. The van der Waals surface area contributed by atoms with Crippen LogP contribution in [0.4, 0.5) is 23.4 Å². The third kappa shape index (κ3) is 3.79. The first kappa shape index (κ1) is 18.3. The molecule has 0 saturated heterocycles. The van der Waals surface area contributed by atoms with Gasteiger partial charge in [0.15, 0.2) is 5.82 Å². The molecule has 0 radical (unpaired) electrons. The van der Waals surface area contributed by atoms with Crippen LogP contribution in [0.1, 0.15) is 10.4 Å². The zero-order valence-electron chi connectivity index (χ0n) is 14.2. The maximum absolute atomic E-state index is 13.2. The van der Waals surface area contributed by atoms with Crippen molar-refractivity contribution >= 4 is 27.4 Å². The van der Waals surface area contributed by atoms with Gasteiger partial charge < -0.3 is 5.32 Å². The van der Waals surface area contributed by atoms with Crippen LogP contribution in [0.3, 0.4) is 0 Å². The smallest absolute Gasteiger partial charge is 0.365 e. The SMILES string of the molecule is Fc1ccc(CNc2nc(-c3ccccn3)nc3sc(C(F)(F)F)cc23)cc1. The first-order chi connectivity index (χ1) is 13.4. The molecule has 4 aromatic rings. The van der Waals surface area contributed by atoms with E-state index in [1.165, 1.54) is 12.1 Å². The number of rotatable bonds is 4. The maximum Gasteiger partial charge on any atom is 0.425 e. The standard InChI is InChI=1S/C19H12F4N4S/c20-12-6-4-11(5-7-12)10-25-16-13-9-15(19(21,22)23)28-18(13)27-17(26-16)14-3-1-2-8-24-14/h1-9H,10H2,(H,25,26,27). The maximum atomic E-state index is 13.2. The molecule has 0 saturated carbocycles. The molecule has 0 bridgehead atoms. The van der Waals surface area contributed by atoms with Crippen LogP contribution in [0.25, 0.3) is 21.7 Å². The number of halogens is 4. The molecule has 4 nitrogen and oxygen atoms in total. The predicted molar refractivity (Wildman–Crippen MR) is 99.4 cm³/mol. The number of fused-ring (bicyclic) bond motifs is 1. The minimum Gasteiger partial charge on any atom is -0.365 e. The lowest BCUT2D eigenvalue weighted by molar-refractivity contribution is -0.134. The molecule has 0 aliphatic rings. The summed E-state index contributed by atoms with van der Waals surface area (Å²) in [7, 11) is 0. The highest BCUT2D eigenvalue weighted by molar-refractivity contribution is 7.18. The topological polar surface area (TPSA) is 50.7 Å². The van der Waals surface area contributed by atoms with Crippen molar-refractivity contribution in [1.29, 1.82) is 0 Å². The summed E-state index contributed by atoms with van der Waals surface area (Å²) in [6, 6.07) is 12.0. The molecule has 142 valence electrons. The normalized spacial score (nSPS) is 11.7. The van der Waals surface area contributed by atoms with Crippen molar-refractivity contribution in [3.05, 3.63) is 71.0 Å². The van der Waals surface area contributed by atoms with Crippen LogP contribution in [0.5, 0.6) is 0 Å². The monoisotopic (exact) mass is 404 g/mol. The predicted octanol–water partition coefficient (Wildman–Crippen LogP) is 5.52. The number of alkyl halides is 3. The van der Waals surface area contributed by atoms with E-state index in [4.69, 9.17) is 0 Å². The molecular weight excluding hydrogens is 392 g/mol. The average molecular weight is 404 g/mol. The molecular formula is C19H12F4N4S. The molecule has 9 heteroatoms. The van der Waals surface area contributed by atoms with Gasteiger partial charge in [0.2, 0.25) is 0 Å². The van der Waals surface area contributed by atoms with E-state index in [2.05, 4.69) is 20.3 Å². The second kappa shape index (κ2) is 7.16. The molecule has 3 aromatic heterocycles. The van der Waals surface area contributed by atoms with Gasteiger partial charge >= 0.3 is 6.18 Å². The summed E-state index contributed by atoms with van der Waals surface area (Å²) in [6.07, 6.45) is -2.91. The van der Waals surface area contributed by atoms with Gasteiger partial charge in [-0.05, 0) is 35.9 Å². The first-order valence-corrected chi connectivity index (χ1v) is 9.00. The quantitative estimate of drug-likeness (QED) is 0.455. The summed E-state index contributed by atoms with van der Waals surface area (Å²) in [5, 5.41) is 3.31. The second-order valence-electron chi connectivity index (χ2n) is 5.92. The van der Waals surface area contributed by atoms with Crippen molar-refractivity contribution in [1.82, 2.24) is 15.0 Å². The van der Waals surface area contributed by atoms with Crippen LogP contribution in [0, 0.1) is 5.82 Å². The summed E-state index contributed by atoms with van der Waals surface area (Å²) >= 11 is 0.557. The Morgan fingerprint density at radius 1 is 1.00 bits per heavy atom. The Labute approximate surface area is 160 Å². The Balaban J connectivity index is 1.77. The summed E-state index contributed by atoms with van der Waals surface area (Å²) in [5.41, 5.74) is 1.22. The van der Waals surface area contributed by atoms with Gasteiger partial charge in [-0.3, -0.25) is 4.98 Å². The molecule has 0 atom stereocenters. The fourth-order valence-corrected chi connectivity index (χ4v) is 3.49. The van der Waals surface area contributed by atoms with E-state index in [9.17, 15) is 17.6 Å². The zero-order valence-corrected chi connectivity index (χ0v) is 15.0. The Kier molecular flexibility index (Phi) is 4.68. The van der Waals surface area contributed by atoms with Crippen molar-refractivity contribution in [3.8, 4) is 11.5 Å². The molecule has 0 aliphatic heterocycles. The van der Waals surface area contributed by atoms with Crippen molar-refractivity contribution < 1.29 is 17.6 Å². The lowest BCUT2D eigenvalue weighted by Crippen LogP contribution is -2.04. The van der Waals surface area contributed by atoms with Gasteiger partial charge in [-0.2, -0.15) is 13.2 Å². The van der Waals surface area contributed by atoms with Gasteiger partial charge in [-0.15, -0.1) is 11.3 Å². The molecule has 0 fully saturated rings. The number of pyridine rings is 1. The Morgan fingerprint density at radius 2 is 1.79 bits per heavy atom. The van der Waals surface area contributed by atoms with E-state index in [0.29, 0.717) is 17.0 Å². The van der Waals surface area contributed by atoms with Crippen LogP contribution in [0.2, 0.25) is 0 Å². The largest absolute Gasteiger partial charge is 0.425 e. The highest BCUT2D eigenvalue weighted by Gasteiger charge is 2.33. The lowest BCUT2D eigenvalue weighted by atomic mass is 10.2. The number of anilines is 1. The van der Waals surface area contributed by atoms with Gasteiger partial charge in [-0.25, -0.2) is 14.4 Å². The van der Waals surface area contributed by atoms with E-state index in [0.717, 1.165) is 11.6 Å². The van der Waals surface area contributed by atoms with Gasteiger partial charge in [0.05, 0.1) is 5.39 Å². The molecule has 28 heavy (non-hydrogen) atoms. The summed E-state index contributed by atoms with van der Waals surface area (Å²) < 4.78 is 52.6. The summed E-state index contributed by atoms with van der Waals surface area (Å²) in [6.45, 7) is 0.269. The zero-order chi connectivity index (χ0) is 19.7. The minimum atomic E-state index is -4.47. The fourth-order valence-electron chi connectivity index (χ4n) is 2.59. The average Bonchev–Trinajstić information content (AvgIpc) is 3.13. The van der Waals surface area contributed by atoms with E-state index >= 15 is 0 Å². The van der Waals surface area contributed by atoms with E-state index in [1.807, 2.05) is 0 Å². The first-order valence-electron chi connectivity index (χ1n) is 8.18. The molecule has 4 rings (SSSR count). The molecule has 1 N–H and O–H groups in total. The number of aromatic nitrogens is 3. The van der Waals surface area contributed by atoms with Gasteiger partial charge in [-0.1, -0.05) is 18.2 Å². The highest BCUT2D eigenvalue weighted by Crippen LogP contribution is 2.39. The van der Waals surface area contributed by atoms with E-state index < -0.39 is 11.1 Å². The third-order valence-electron chi connectivity index (χ3n) is 3.94. The van der Waals surface area contributed by atoms with Gasteiger partial charge in [0, 0.05) is 12.7 Å². The van der Waals surface area contributed by atoms with Crippen molar-refractivity contribution in [2.45, 2.75) is 12.7 Å². The Morgan fingerprint density at radius 3 is 2.46 bits per heavy atom. The lowest BCUT2D eigenvalue weighted by Gasteiger charge is -2.09. The van der Waals surface area contributed by atoms with Crippen molar-refractivity contribution in [2.24, 2.45) is 0 Å². The van der Waals surface area contributed by atoms with Gasteiger partial charge in [0.1, 0.15) is 27.0 Å². The number of hydrogen-bond acceptors (Lipinski definition) is 5. The fraction of sp³-hybridized carbons (Fsp3) is 0.105. The summed E-state index contributed by atoms with van der Waals surface area (Å²) in [4.78, 5) is 12.3. The van der Waals surface area contributed by atoms with Crippen molar-refractivity contribution in [2.75, 3.05) is 5.32 Å². The number of nitrogens with zero attached hydrogens (tertiary/aromatic N) is 3.